The van der Waals surface area contributed by atoms with E-state index in [2.05, 4.69) is 11.7 Å². The van der Waals surface area contributed by atoms with Gasteiger partial charge in [-0.2, -0.15) is 5.10 Å². The minimum Gasteiger partial charge on any atom is -0.339 e. The minimum absolute atomic E-state index is 0.165. The van der Waals surface area contributed by atoms with Gasteiger partial charge in [0.25, 0.3) is 0 Å². The second-order valence-corrected chi connectivity index (χ2v) is 5.49. The first-order valence-electron chi connectivity index (χ1n) is 7.61. The van der Waals surface area contributed by atoms with E-state index in [0.717, 1.165) is 23.4 Å². The molecule has 0 unspecified atom stereocenters. The Kier molecular flexibility index (Phi) is 5.53. The van der Waals surface area contributed by atoms with E-state index in [4.69, 9.17) is 0 Å². The third-order valence-corrected chi connectivity index (χ3v) is 3.48. The quantitative estimate of drug-likeness (QED) is 0.736. The average Bonchev–Trinajstić information content (AvgIpc) is 3.00. The van der Waals surface area contributed by atoms with Crippen molar-refractivity contribution in [3.8, 4) is 5.69 Å². The van der Waals surface area contributed by atoms with Crippen molar-refractivity contribution in [1.82, 2.24) is 14.7 Å². The van der Waals surface area contributed by atoms with E-state index < -0.39 is 0 Å². The Morgan fingerprint density at radius 3 is 2.68 bits per heavy atom. The molecule has 1 heterocycles. The Bertz CT molecular complexity index is 631. The number of nitrogens with zero attached hydrogens (tertiary/aromatic N) is 3. The standard InChI is InChI=1S/C18H23N3O/c1-4-20(13-15(2)3)18(22)11-10-16-12-19-21(14-16)17-8-6-5-7-9-17/h5-9,12,14H,2,4,10-11,13H2,1,3H3. The monoisotopic (exact) mass is 297 g/mol. The highest BCUT2D eigenvalue weighted by molar-refractivity contribution is 5.76. The Hall–Kier alpha value is -2.36. The Morgan fingerprint density at radius 2 is 2.05 bits per heavy atom. The molecule has 1 aromatic carbocycles. The number of para-hydroxylation sites is 1. The van der Waals surface area contributed by atoms with Gasteiger partial charge in [-0.25, -0.2) is 4.68 Å². The van der Waals surface area contributed by atoms with Crippen LogP contribution in [-0.2, 0) is 11.2 Å². The first-order valence-corrected chi connectivity index (χ1v) is 7.61. The van der Waals surface area contributed by atoms with Crippen molar-refractivity contribution in [3.05, 3.63) is 60.4 Å². The van der Waals surface area contributed by atoms with Crippen molar-refractivity contribution in [2.75, 3.05) is 13.1 Å². The number of aryl methyl sites for hydroxylation is 1. The van der Waals surface area contributed by atoms with Gasteiger partial charge in [-0.1, -0.05) is 30.4 Å². The smallest absolute Gasteiger partial charge is 0.223 e. The molecule has 2 aromatic rings. The zero-order chi connectivity index (χ0) is 15.9. The Balaban J connectivity index is 1.93. The average molecular weight is 297 g/mol. The molecule has 0 radical (unpaired) electrons. The summed E-state index contributed by atoms with van der Waals surface area (Å²) in [5.41, 5.74) is 3.10. The SMILES string of the molecule is C=C(C)CN(CC)C(=O)CCc1cnn(-c2ccccc2)c1. The summed E-state index contributed by atoms with van der Waals surface area (Å²) in [4.78, 5) is 14.1. The fraction of sp³-hybridized carbons (Fsp3) is 0.333. The highest BCUT2D eigenvalue weighted by Gasteiger charge is 2.12. The van der Waals surface area contributed by atoms with E-state index in [0.29, 0.717) is 19.4 Å². The maximum Gasteiger partial charge on any atom is 0.223 e. The van der Waals surface area contributed by atoms with Crippen LogP contribution in [0.3, 0.4) is 0 Å². The second-order valence-electron chi connectivity index (χ2n) is 5.49. The van der Waals surface area contributed by atoms with Gasteiger partial charge in [0, 0.05) is 25.7 Å². The van der Waals surface area contributed by atoms with Gasteiger partial charge in [0.15, 0.2) is 0 Å². The fourth-order valence-electron chi connectivity index (χ4n) is 2.32. The van der Waals surface area contributed by atoms with Crippen molar-refractivity contribution in [3.63, 3.8) is 0 Å². The molecule has 1 amide bonds. The Morgan fingerprint density at radius 1 is 1.32 bits per heavy atom. The number of amides is 1. The van der Waals surface area contributed by atoms with Crippen LogP contribution in [-0.4, -0.2) is 33.7 Å². The van der Waals surface area contributed by atoms with Crippen LogP contribution < -0.4 is 0 Å². The number of hydrogen-bond donors (Lipinski definition) is 0. The maximum atomic E-state index is 12.2. The van der Waals surface area contributed by atoms with Crippen LogP contribution >= 0.6 is 0 Å². The first kappa shape index (κ1) is 16.0. The summed E-state index contributed by atoms with van der Waals surface area (Å²) in [6.07, 6.45) is 5.02. The zero-order valence-electron chi connectivity index (χ0n) is 13.3. The molecule has 1 aromatic heterocycles. The third-order valence-electron chi connectivity index (χ3n) is 3.48. The van der Waals surface area contributed by atoms with Crippen LogP contribution in [0.5, 0.6) is 0 Å². The number of benzene rings is 1. The van der Waals surface area contributed by atoms with Gasteiger partial charge >= 0.3 is 0 Å². The molecule has 22 heavy (non-hydrogen) atoms. The number of rotatable bonds is 7. The molecule has 2 rings (SSSR count). The summed E-state index contributed by atoms with van der Waals surface area (Å²) in [6.45, 7) is 9.17. The molecule has 0 N–H and O–H groups in total. The topological polar surface area (TPSA) is 38.1 Å². The molecule has 0 aliphatic rings. The molecule has 4 nitrogen and oxygen atoms in total. The van der Waals surface area contributed by atoms with Crippen molar-refractivity contribution in [2.45, 2.75) is 26.7 Å². The summed E-state index contributed by atoms with van der Waals surface area (Å²) >= 11 is 0. The molecule has 0 saturated carbocycles. The van der Waals surface area contributed by atoms with Crippen molar-refractivity contribution in [2.24, 2.45) is 0 Å². The van der Waals surface area contributed by atoms with E-state index >= 15 is 0 Å². The number of carbonyl (C=O) groups is 1. The number of hydrogen-bond acceptors (Lipinski definition) is 2. The second kappa shape index (κ2) is 7.59. The van der Waals surface area contributed by atoms with Crippen LogP contribution in [0, 0.1) is 0 Å². The van der Waals surface area contributed by atoms with Crippen LogP contribution in [0.4, 0.5) is 0 Å². The summed E-state index contributed by atoms with van der Waals surface area (Å²) in [5, 5.41) is 4.36. The summed E-state index contributed by atoms with van der Waals surface area (Å²) in [6, 6.07) is 9.96. The Labute approximate surface area is 132 Å². The van der Waals surface area contributed by atoms with Crippen LogP contribution in [0.2, 0.25) is 0 Å². The lowest BCUT2D eigenvalue weighted by molar-refractivity contribution is -0.130. The summed E-state index contributed by atoms with van der Waals surface area (Å²) in [7, 11) is 0. The number of carbonyl (C=O) groups excluding carboxylic acids is 1. The highest BCUT2D eigenvalue weighted by atomic mass is 16.2. The largest absolute Gasteiger partial charge is 0.339 e. The minimum atomic E-state index is 0.165. The molecule has 0 atom stereocenters. The first-order chi connectivity index (χ1) is 10.6. The number of aromatic nitrogens is 2. The van der Waals surface area contributed by atoms with Gasteiger partial charge in [-0.3, -0.25) is 4.79 Å². The van der Waals surface area contributed by atoms with Crippen molar-refractivity contribution >= 4 is 5.91 Å². The number of likely N-dealkylation sites (N-methyl/N-ethyl adjacent to an activating group) is 1. The molecule has 0 saturated heterocycles. The molecule has 0 fully saturated rings. The van der Waals surface area contributed by atoms with Crippen LogP contribution in [0.15, 0.2) is 54.9 Å². The lowest BCUT2D eigenvalue weighted by Crippen LogP contribution is -2.32. The normalized spacial score (nSPS) is 10.5. The van der Waals surface area contributed by atoms with E-state index in [9.17, 15) is 4.79 Å². The molecule has 116 valence electrons. The lowest BCUT2D eigenvalue weighted by atomic mass is 10.2. The molecular weight excluding hydrogens is 274 g/mol. The van der Waals surface area contributed by atoms with Gasteiger partial charge in [0.2, 0.25) is 5.91 Å². The van der Waals surface area contributed by atoms with Crippen molar-refractivity contribution < 1.29 is 4.79 Å². The van der Waals surface area contributed by atoms with Gasteiger partial charge in [-0.05, 0) is 38.0 Å². The van der Waals surface area contributed by atoms with Gasteiger partial charge in [0.05, 0.1) is 11.9 Å². The van der Waals surface area contributed by atoms with Crippen LogP contribution in [0.25, 0.3) is 5.69 Å². The highest BCUT2D eigenvalue weighted by Crippen LogP contribution is 2.10. The van der Waals surface area contributed by atoms with Gasteiger partial charge < -0.3 is 4.90 Å². The van der Waals surface area contributed by atoms with E-state index in [1.165, 1.54) is 0 Å². The molecule has 0 aliphatic heterocycles. The van der Waals surface area contributed by atoms with E-state index in [-0.39, 0.29) is 5.91 Å². The van der Waals surface area contributed by atoms with E-state index in [1.54, 1.807) is 0 Å². The van der Waals surface area contributed by atoms with Crippen molar-refractivity contribution in [1.29, 1.82) is 0 Å². The lowest BCUT2D eigenvalue weighted by Gasteiger charge is -2.20. The molecular formula is C18H23N3O. The summed E-state index contributed by atoms with van der Waals surface area (Å²) < 4.78 is 1.84. The third kappa shape index (κ3) is 4.32. The van der Waals surface area contributed by atoms with Crippen LogP contribution in [0.1, 0.15) is 25.8 Å². The van der Waals surface area contributed by atoms with Gasteiger partial charge in [-0.15, -0.1) is 0 Å². The summed E-state index contributed by atoms with van der Waals surface area (Å²) in [5.74, 6) is 0.165. The molecule has 0 spiro atoms. The predicted molar refractivity (Wildman–Crippen MR) is 89.0 cm³/mol. The molecule has 0 aliphatic carbocycles. The predicted octanol–water partition coefficient (Wildman–Crippen LogP) is 3.23. The maximum absolute atomic E-state index is 12.2. The van der Waals surface area contributed by atoms with E-state index in [1.807, 2.05) is 66.2 Å². The molecule has 0 bridgehead atoms. The zero-order valence-corrected chi connectivity index (χ0v) is 13.3. The van der Waals surface area contributed by atoms with Gasteiger partial charge in [0.1, 0.15) is 0 Å². The molecule has 4 heteroatoms. The fourth-order valence-corrected chi connectivity index (χ4v) is 2.32.